The van der Waals surface area contributed by atoms with Crippen molar-refractivity contribution in [3.05, 3.63) is 47.4 Å². The molecular formula is C14H13N5O3. The fraction of sp³-hybridized carbons (Fsp3) is 0.214. The van der Waals surface area contributed by atoms with E-state index in [1.54, 1.807) is 32.0 Å². The van der Waals surface area contributed by atoms with Crippen molar-refractivity contribution in [2.75, 3.05) is 0 Å². The number of aromatic nitrogens is 4. The summed E-state index contributed by atoms with van der Waals surface area (Å²) >= 11 is 0. The lowest BCUT2D eigenvalue weighted by Crippen LogP contribution is -2.23. The number of aryl methyl sites for hydroxylation is 2. The molecule has 0 atom stereocenters. The number of amides is 1. The largest absolute Gasteiger partial charge is 0.345 e. The SMILES string of the molecule is Cc1nc(CNC(=O)c2cccc(-c3noc(C)n3)c2)no1. The molecule has 0 radical (unpaired) electrons. The van der Waals surface area contributed by atoms with E-state index in [0.717, 1.165) is 0 Å². The Balaban J connectivity index is 1.72. The van der Waals surface area contributed by atoms with Gasteiger partial charge in [-0.25, -0.2) is 0 Å². The molecule has 8 nitrogen and oxygen atoms in total. The zero-order chi connectivity index (χ0) is 15.5. The molecule has 0 saturated carbocycles. The Morgan fingerprint density at radius 1 is 1.14 bits per heavy atom. The monoisotopic (exact) mass is 299 g/mol. The first-order chi connectivity index (χ1) is 10.6. The summed E-state index contributed by atoms with van der Waals surface area (Å²) in [6, 6.07) is 6.96. The van der Waals surface area contributed by atoms with Crippen LogP contribution < -0.4 is 5.32 Å². The Kier molecular flexibility index (Phi) is 3.65. The minimum Gasteiger partial charge on any atom is -0.345 e. The summed E-state index contributed by atoms with van der Waals surface area (Å²) in [5, 5.41) is 10.3. The van der Waals surface area contributed by atoms with Crippen molar-refractivity contribution >= 4 is 5.91 Å². The Morgan fingerprint density at radius 3 is 2.59 bits per heavy atom. The van der Waals surface area contributed by atoms with Crippen molar-refractivity contribution in [2.24, 2.45) is 0 Å². The van der Waals surface area contributed by atoms with Crippen LogP contribution >= 0.6 is 0 Å². The van der Waals surface area contributed by atoms with Crippen LogP contribution in [0.5, 0.6) is 0 Å². The Labute approximate surface area is 125 Å². The van der Waals surface area contributed by atoms with Gasteiger partial charge in [0.1, 0.15) is 0 Å². The fourth-order valence-corrected chi connectivity index (χ4v) is 1.89. The van der Waals surface area contributed by atoms with Gasteiger partial charge in [0.25, 0.3) is 5.91 Å². The Morgan fingerprint density at radius 2 is 1.91 bits per heavy atom. The third-order valence-corrected chi connectivity index (χ3v) is 2.89. The van der Waals surface area contributed by atoms with Crippen LogP contribution in [0.2, 0.25) is 0 Å². The van der Waals surface area contributed by atoms with E-state index < -0.39 is 0 Å². The second kappa shape index (κ2) is 5.76. The Hall–Kier alpha value is -3.03. The van der Waals surface area contributed by atoms with Gasteiger partial charge >= 0.3 is 0 Å². The molecule has 3 rings (SSSR count). The van der Waals surface area contributed by atoms with Crippen LogP contribution in [-0.4, -0.2) is 26.2 Å². The summed E-state index contributed by atoms with van der Waals surface area (Å²) in [6.45, 7) is 3.59. The molecule has 1 N–H and O–H groups in total. The molecule has 0 aliphatic heterocycles. The highest BCUT2D eigenvalue weighted by atomic mass is 16.5. The average molecular weight is 299 g/mol. The summed E-state index contributed by atoms with van der Waals surface area (Å²) < 4.78 is 9.78. The highest BCUT2D eigenvalue weighted by molar-refractivity contribution is 5.95. The lowest BCUT2D eigenvalue weighted by atomic mass is 10.1. The summed E-state index contributed by atoms with van der Waals surface area (Å²) in [7, 11) is 0. The molecule has 1 amide bonds. The first-order valence-corrected chi connectivity index (χ1v) is 6.60. The number of nitrogens with one attached hydrogen (secondary N) is 1. The van der Waals surface area contributed by atoms with Crippen LogP contribution in [0.15, 0.2) is 33.3 Å². The van der Waals surface area contributed by atoms with Gasteiger partial charge in [0.05, 0.1) is 6.54 Å². The lowest BCUT2D eigenvalue weighted by Gasteiger charge is -2.03. The van der Waals surface area contributed by atoms with Gasteiger partial charge in [-0.3, -0.25) is 4.79 Å². The smallest absolute Gasteiger partial charge is 0.251 e. The molecule has 2 aromatic heterocycles. The van der Waals surface area contributed by atoms with Crippen LogP contribution in [0.3, 0.4) is 0 Å². The maximum Gasteiger partial charge on any atom is 0.251 e. The van der Waals surface area contributed by atoms with E-state index in [9.17, 15) is 4.79 Å². The molecule has 0 aliphatic carbocycles. The van der Waals surface area contributed by atoms with Gasteiger partial charge in [-0.2, -0.15) is 9.97 Å². The molecule has 0 unspecified atom stereocenters. The summed E-state index contributed by atoms with van der Waals surface area (Å²) in [4.78, 5) is 20.3. The maximum absolute atomic E-state index is 12.2. The normalized spacial score (nSPS) is 10.6. The highest BCUT2D eigenvalue weighted by Gasteiger charge is 2.11. The van der Waals surface area contributed by atoms with Crippen molar-refractivity contribution in [1.82, 2.24) is 25.6 Å². The van der Waals surface area contributed by atoms with E-state index in [1.807, 2.05) is 6.07 Å². The zero-order valence-corrected chi connectivity index (χ0v) is 12.0. The molecule has 2 heterocycles. The van der Waals surface area contributed by atoms with Crippen LogP contribution in [0.1, 0.15) is 28.0 Å². The van der Waals surface area contributed by atoms with Crippen molar-refractivity contribution in [3.8, 4) is 11.4 Å². The minimum absolute atomic E-state index is 0.196. The number of hydrogen-bond donors (Lipinski definition) is 1. The topological polar surface area (TPSA) is 107 Å². The van der Waals surface area contributed by atoms with E-state index in [-0.39, 0.29) is 12.5 Å². The summed E-state index contributed by atoms with van der Waals surface area (Å²) in [6.07, 6.45) is 0. The molecule has 0 saturated heterocycles. The molecule has 112 valence electrons. The zero-order valence-electron chi connectivity index (χ0n) is 12.0. The number of benzene rings is 1. The van der Waals surface area contributed by atoms with Gasteiger partial charge in [-0.15, -0.1) is 0 Å². The van der Waals surface area contributed by atoms with Gasteiger partial charge in [-0.1, -0.05) is 22.4 Å². The summed E-state index contributed by atoms with van der Waals surface area (Å²) in [5.41, 5.74) is 1.19. The molecular weight excluding hydrogens is 286 g/mol. The van der Waals surface area contributed by atoms with E-state index >= 15 is 0 Å². The van der Waals surface area contributed by atoms with Crippen molar-refractivity contribution < 1.29 is 13.8 Å². The first kappa shape index (κ1) is 13.9. The van der Waals surface area contributed by atoms with Crippen LogP contribution in [-0.2, 0) is 6.54 Å². The molecule has 8 heteroatoms. The lowest BCUT2D eigenvalue weighted by molar-refractivity contribution is 0.0949. The van der Waals surface area contributed by atoms with Gasteiger partial charge in [0, 0.05) is 25.0 Å². The van der Waals surface area contributed by atoms with Crippen molar-refractivity contribution in [1.29, 1.82) is 0 Å². The average Bonchev–Trinajstić information content (AvgIpc) is 3.13. The molecule has 22 heavy (non-hydrogen) atoms. The predicted octanol–water partition coefficient (Wildman–Crippen LogP) is 1.67. The Bertz CT molecular complexity index is 808. The van der Waals surface area contributed by atoms with Crippen molar-refractivity contribution in [2.45, 2.75) is 20.4 Å². The van der Waals surface area contributed by atoms with E-state index in [4.69, 9.17) is 9.05 Å². The molecule has 1 aromatic carbocycles. The predicted molar refractivity (Wildman–Crippen MR) is 74.7 cm³/mol. The van der Waals surface area contributed by atoms with Crippen LogP contribution in [0.4, 0.5) is 0 Å². The van der Waals surface area contributed by atoms with Crippen LogP contribution in [0.25, 0.3) is 11.4 Å². The van der Waals surface area contributed by atoms with Gasteiger partial charge < -0.3 is 14.4 Å². The number of carbonyl (C=O) groups is 1. The molecule has 3 aromatic rings. The molecule has 0 aliphatic rings. The maximum atomic E-state index is 12.2. The number of rotatable bonds is 4. The first-order valence-electron chi connectivity index (χ1n) is 6.60. The van der Waals surface area contributed by atoms with Crippen LogP contribution in [0, 0.1) is 13.8 Å². The second-order valence-electron chi connectivity index (χ2n) is 4.63. The second-order valence-corrected chi connectivity index (χ2v) is 4.63. The third-order valence-electron chi connectivity index (χ3n) is 2.89. The number of hydrogen-bond acceptors (Lipinski definition) is 7. The standard InChI is InChI=1S/C14H13N5O3/c1-8-16-12(18-21-8)7-15-14(20)11-5-3-4-10(6-11)13-17-9(2)22-19-13/h3-6H,7H2,1-2H3,(H,15,20). The quantitative estimate of drug-likeness (QED) is 0.780. The minimum atomic E-state index is -0.246. The molecule has 0 bridgehead atoms. The van der Waals surface area contributed by atoms with Crippen molar-refractivity contribution in [3.63, 3.8) is 0 Å². The highest BCUT2D eigenvalue weighted by Crippen LogP contribution is 2.17. The fourth-order valence-electron chi connectivity index (χ4n) is 1.89. The van der Waals surface area contributed by atoms with E-state index in [0.29, 0.717) is 34.6 Å². The number of carbonyl (C=O) groups excluding carboxylic acids is 1. The van der Waals surface area contributed by atoms with Gasteiger partial charge in [-0.05, 0) is 12.1 Å². The van der Waals surface area contributed by atoms with E-state index in [1.165, 1.54) is 0 Å². The summed E-state index contributed by atoms with van der Waals surface area (Å²) in [5.74, 6) is 1.55. The molecule has 0 spiro atoms. The van der Waals surface area contributed by atoms with E-state index in [2.05, 4.69) is 25.6 Å². The van der Waals surface area contributed by atoms with Gasteiger partial charge in [0.2, 0.25) is 17.6 Å². The number of nitrogens with zero attached hydrogens (tertiary/aromatic N) is 4. The van der Waals surface area contributed by atoms with Gasteiger partial charge in [0.15, 0.2) is 5.82 Å². The molecule has 0 fully saturated rings. The third kappa shape index (κ3) is 3.00.